The average Bonchev–Trinajstić information content (AvgIpc) is 2.73. The van der Waals surface area contributed by atoms with Gasteiger partial charge in [0.25, 0.3) is 0 Å². The fraction of sp³-hybridized carbons (Fsp3) is 1.00. The molecule has 2 saturated carbocycles. The quantitative estimate of drug-likeness (QED) is 0.661. The first-order chi connectivity index (χ1) is 5.36. The molecule has 2 aliphatic carbocycles. The van der Waals surface area contributed by atoms with Gasteiger partial charge in [-0.3, -0.25) is 0 Å². The maximum atomic E-state index is 9.52. The zero-order valence-corrected chi connectivity index (χ0v) is 7.13. The van der Waals surface area contributed by atoms with Crippen LogP contribution in [0, 0.1) is 11.8 Å². The van der Waals surface area contributed by atoms with Gasteiger partial charge in [0.05, 0.1) is 6.10 Å². The van der Waals surface area contributed by atoms with Crippen molar-refractivity contribution in [3.8, 4) is 0 Å². The summed E-state index contributed by atoms with van der Waals surface area (Å²) in [6.45, 7) is 0. The molecule has 64 valence electrons. The van der Waals surface area contributed by atoms with Gasteiger partial charge in [-0.15, -0.1) is 0 Å². The molecular formula is C10H18O. The molecule has 0 heterocycles. The molecule has 1 heteroatoms. The van der Waals surface area contributed by atoms with Crippen LogP contribution >= 0.6 is 0 Å². The van der Waals surface area contributed by atoms with Crippen LogP contribution in [-0.2, 0) is 0 Å². The molecule has 2 fully saturated rings. The van der Waals surface area contributed by atoms with E-state index in [1.54, 1.807) is 0 Å². The maximum Gasteiger partial charge on any atom is 0.0568 e. The standard InChI is InChI=1S/C10H18O/c11-10-3-1-2-9(10)7-6-8-4-5-8/h8-11H,1-7H2. The minimum Gasteiger partial charge on any atom is -0.393 e. The molecule has 2 rings (SSSR count). The number of aliphatic hydroxyl groups is 1. The molecule has 0 bridgehead atoms. The molecule has 0 aliphatic heterocycles. The Morgan fingerprint density at radius 3 is 2.36 bits per heavy atom. The molecule has 0 amide bonds. The first-order valence-corrected chi connectivity index (χ1v) is 5.04. The summed E-state index contributed by atoms with van der Waals surface area (Å²) in [5.74, 6) is 1.71. The molecule has 2 aliphatic rings. The van der Waals surface area contributed by atoms with Gasteiger partial charge in [0.2, 0.25) is 0 Å². The van der Waals surface area contributed by atoms with Gasteiger partial charge < -0.3 is 5.11 Å². The van der Waals surface area contributed by atoms with Gasteiger partial charge in [0, 0.05) is 0 Å². The van der Waals surface area contributed by atoms with Crippen LogP contribution < -0.4 is 0 Å². The predicted octanol–water partition coefficient (Wildman–Crippen LogP) is 2.34. The van der Waals surface area contributed by atoms with Gasteiger partial charge in [-0.25, -0.2) is 0 Å². The Hall–Kier alpha value is -0.0400. The highest BCUT2D eigenvalue weighted by Gasteiger charge is 2.28. The summed E-state index contributed by atoms with van der Waals surface area (Å²) in [5.41, 5.74) is 0. The molecule has 1 N–H and O–H groups in total. The number of rotatable bonds is 3. The van der Waals surface area contributed by atoms with E-state index in [1.165, 1.54) is 38.5 Å². The van der Waals surface area contributed by atoms with E-state index in [2.05, 4.69) is 0 Å². The van der Waals surface area contributed by atoms with Crippen molar-refractivity contribution in [3.63, 3.8) is 0 Å². The van der Waals surface area contributed by atoms with Gasteiger partial charge in [0.1, 0.15) is 0 Å². The molecule has 2 atom stereocenters. The zero-order valence-electron chi connectivity index (χ0n) is 7.13. The molecule has 0 aromatic carbocycles. The zero-order chi connectivity index (χ0) is 7.68. The van der Waals surface area contributed by atoms with E-state index in [4.69, 9.17) is 0 Å². The second-order valence-electron chi connectivity index (χ2n) is 4.28. The normalized spacial score (nSPS) is 37.9. The topological polar surface area (TPSA) is 20.2 Å². The first-order valence-electron chi connectivity index (χ1n) is 5.04. The van der Waals surface area contributed by atoms with E-state index in [9.17, 15) is 5.11 Å². The Morgan fingerprint density at radius 1 is 1.00 bits per heavy atom. The fourth-order valence-electron chi connectivity index (χ4n) is 2.21. The van der Waals surface area contributed by atoms with Crippen molar-refractivity contribution >= 4 is 0 Å². The molecular weight excluding hydrogens is 136 g/mol. The fourth-order valence-corrected chi connectivity index (χ4v) is 2.21. The Labute approximate surface area is 68.8 Å². The monoisotopic (exact) mass is 154 g/mol. The molecule has 0 saturated heterocycles. The SMILES string of the molecule is OC1CCCC1CCC1CC1. The third-order valence-corrected chi connectivity index (χ3v) is 3.26. The van der Waals surface area contributed by atoms with Crippen molar-refractivity contribution in [2.45, 2.75) is 51.0 Å². The lowest BCUT2D eigenvalue weighted by Crippen LogP contribution is -2.12. The van der Waals surface area contributed by atoms with E-state index < -0.39 is 0 Å². The van der Waals surface area contributed by atoms with Crippen LogP contribution in [0.2, 0.25) is 0 Å². The molecule has 1 nitrogen and oxygen atoms in total. The summed E-state index contributed by atoms with van der Waals surface area (Å²) in [5, 5.41) is 9.52. The first kappa shape index (κ1) is 7.60. The lowest BCUT2D eigenvalue weighted by Gasteiger charge is -2.12. The Balaban J connectivity index is 1.67. The second kappa shape index (κ2) is 3.14. The summed E-state index contributed by atoms with van der Waals surface area (Å²) < 4.78 is 0. The van der Waals surface area contributed by atoms with Crippen LogP contribution in [0.3, 0.4) is 0 Å². The smallest absolute Gasteiger partial charge is 0.0568 e. The van der Waals surface area contributed by atoms with Crippen LogP contribution in [-0.4, -0.2) is 11.2 Å². The van der Waals surface area contributed by atoms with E-state index in [0.717, 1.165) is 12.3 Å². The maximum absolute atomic E-state index is 9.52. The minimum absolute atomic E-state index is 0.0498. The van der Waals surface area contributed by atoms with Crippen molar-refractivity contribution in [2.24, 2.45) is 11.8 Å². The van der Waals surface area contributed by atoms with Gasteiger partial charge in [-0.2, -0.15) is 0 Å². The molecule has 0 aromatic heterocycles. The Morgan fingerprint density at radius 2 is 1.82 bits per heavy atom. The van der Waals surface area contributed by atoms with Crippen molar-refractivity contribution in [2.75, 3.05) is 0 Å². The Bertz CT molecular complexity index is 129. The highest BCUT2D eigenvalue weighted by atomic mass is 16.3. The van der Waals surface area contributed by atoms with Crippen LogP contribution in [0.5, 0.6) is 0 Å². The van der Waals surface area contributed by atoms with Crippen molar-refractivity contribution < 1.29 is 5.11 Å². The van der Waals surface area contributed by atoms with E-state index >= 15 is 0 Å². The summed E-state index contributed by atoms with van der Waals surface area (Å²) in [7, 11) is 0. The largest absolute Gasteiger partial charge is 0.393 e. The van der Waals surface area contributed by atoms with E-state index in [1.807, 2.05) is 0 Å². The second-order valence-corrected chi connectivity index (χ2v) is 4.28. The van der Waals surface area contributed by atoms with Crippen LogP contribution in [0.4, 0.5) is 0 Å². The lowest BCUT2D eigenvalue weighted by atomic mass is 9.98. The predicted molar refractivity (Wildman–Crippen MR) is 45.3 cm³/mol. The van der Waals surface area contributed by atoms with Crippen molar-refractivity contribution in [1.82, 2.24) is 0 Å². The third-order valence-electron chi connectivity index (χ3n) is 3.26. The number of hydrogen-bond donors (Lipinski definition) is 1. The third kappa shape index (κ3) is 1.96. The summed E-state index contributed by atoms with van der Waals surface area (Å²) in [6.07, 6.45) is 9.27. The highest BCUT2D eigenvalue weighted by molar-refractivity contribution is 4.80. The van der Waals surface area contributed by atoms with Crippen LogP contribution in [0.25, 0.3) is 0 Å². The van der Waals surface area contributed by atoms with Crippen molar-refractivity contribution in [1.29, 1.82) is 0 Å². The lowest BCUT2D eigenvalue weighted by molar-refractivity contribution is 0.126. The van der Waals surface area contributed by atoms with Crippen LogP contribution in [0.15, 0.2) is 0 Å². The highest BCUT2D eigenvalue weighted by Crippen LogP contribution is 2.38. The van der Waals surface area contributed by atoms with Gasteiger partial charge >= 0.3 is 0 Å². The van der Waals surface area contributed by atoms with E-state index in [-0.39, 0.29) is 6.10 Å². The van der Waals surface area contributed by atoms with Gasteiger partial charge in [-0.05, 0) is 31.1 Å². The Kier molecular flexibility index (Phi) is 2.17. The van der Waals surface area contributed by atoms with Crippen LogP contribution in [0.1, 0.15) is 44.9 Å². The molecule has 0 radical (unpaired) electrons. The molecule has 2 unspecified atom stereocenters. The molecule has 0 spiro atoms. The molecule has 0 aromatic rings. The van der Waals surface area contributed by atoms with Crippen molar-refractivity contribution in [3.05, 3.63) is 0 Å². The summed E-state index contributed by atoms with van der Waals surface area (Å²) in [6, 6.07) is 0. The summed E-state index contributed by atoms with van der Waals surface area (Å²) in [4.78, 5) is 0. The number of hydrogen-bond acceptors (Lipinski definition) is 1. The molecule has 11 heavy (non-hydrogen) atoms. The number of aliphatic hydroxyl groups excluding tert-OH is 1. The average molecular weight is 154 g/mol. The summed E-state index contributed by atoms with van der Waals surface area (Å²) >= 11 is 0. The van der Waals surface area contributed by atoms with Gasteiger partial charge in [0.15, 0.2) is 0 Å². The minimum atomic E-state index is 0.0498. The van der Waals surface area contributed by atoms with E-state index in [0.29, 0.717) is 5.92 Å². The van der Waals surface area contributed by atoms with Gasteiger partial charge in [-0.1, -0.05) is 25.7 Å².